The largest absolute Gasteiger partial charge is 0.396 e. The van der Waals surface area contributed by atoms with E-state index < -0.39 is 0 Å². The van der Waals surface area contributed by atoms with Gasteiger partial charge in [-0.05, 0) is 6.42 Å². The fourth-order valence-electron chi connectivity index (χ4n) is 4.28. The van der Waals surface area contributed by atoms with Crippen molar-refractivity contribution in [3.63, 3.8) is 0 Å². The normalized spacial score (nSPS) is 20.3. The standard InChI is InChI=1S/C26H54N2O4/c1-3-4-5-6-7-8-9-10-11-12-13-26(2,25-29)24-28-16-20-30-18-14-27-15-19-31-22-23-32-21-17-28/h27,29H,3-25H2,1-2H3. The summed E-state index contributed by atoms with van der Waals surface area (Å²) in [5, 5.41) is 13.5. The van der Waals surface area contributed by atoms with E-state index >= 15 is 0 Å². The summed E-state index contributed by atoms with van der Waals surface area (Å²) in [6.45, 7) is 13.2. The van der Waals surface area contributed by atoms with E-state index in [9.17, 15) is 5.11 Å². The van der Waals surface area contributed by atoms with Crippen LogP contribution in [0, 0.1) is 5.41 Å². The molecule has 6 heteroatoms. The first kappa shape index (κ1) is 29.8. The fraction of sp³-hybridized carbons (Fsp3) is 1.00. The predicted octanol–water partition coefficient (Wildman–Crippen LogP) is 4.25. The Kier molecular flexibility index (Phi) is 19.8. The monoisotopic (exact) mass is 458 g/mol. The van der Waals surface area contributed by atoms with Crippen molar-refractivity contribution in [3.05, 3.63) is 0 Å². The van der Waals surface area contributed by atoms with E-state index in [0.717, 1.165) is 52.4 Å². The Bertz CT molecular complexity index is 384. The molecule has 1 saturated heterocycles. The van der Waals surface area contributed by atoms with Crippen molar-refractivity contribution < 1.29 is 19.3 Å². The third kappa shape index (κ3) is 17.3. The lowest BCUT2D eigenvalue weighted by atomic mass is 9.84. The summed E-state index contributed by atoms with van der Waals surface area (Å²) in [6, 6.07) is 0. The predicted molar refractivity (Wildman–Crippen MR) is 133 cm³/mol. The highest BCUT2D eigenvalue weighted by Crippen LogP contribution is 2.26. The van der Waals surface area contributed by atoms with Gasteiger partial charge in [-0.2, -0.15) is 0 Å². The number of rotatable bonds is 14. The highest BCUT2D eigenvalue weighted by atomic mass is 16.5. The maximum Gasteiger partial charge on any atom is 0.0701 e. The summed E-state index contributed by atoms with van der Waals surface area (Å²) < 4.78 is 17.1. The second kappa shape index (κ2) is 21.3. The molecule has 0 aromatic rings. The highest BCUT2D eigenvalue weighted by molar-refractivity contribution is 4.78. The van der Waals surface area contributed by atoms with Crippen LogP contribution in [0.2, 0.25) is 0 Å². The quantitative estimate of drug-likeness (QED) is 0.380. The molecule has 1 heterocycles. The lowest BCUT2D eigenvalue weighted by Gasteiger charge is -2.34. The average Bonchev–Trinajstić information content (AvgIpc) is 2.80. The summed E-state index contributed by atoms with van der Waals surface area (Å²) in [4.78, 5) is 2.40. The number of unbranched alkanes of at least 4 members (excludes halogenated alkanes) is 9. The van der Waals surface area contributed by atoms with Gasteiger partial charge in [0.1, 0.15) is 0 Å². The van der Waals surface area contributed by atoms with Gasteiger partial charge >= 0.3 is 0 Å². The molecule has 1 rings (SSSR count). The Morgan fingerprint density at radius 2 is 1.22 bits per heavy atom. The molecule has 1 unspecified atom stereocenters. The number of ether oxygens (including phenoxy) is 3. The molecule has 0 aromatic heterocycles. The average molecular weight is 459 g/mol. The van der Waals surface area contributed by atoms with Gasteiger partial charge in [-0.15, -0.1) is 0 Å². The zero-order valence-electron chi connectivity index (χ0n) is 21.4. The molecule has 1 fully saturated rings. The molecule has 1 aliphatic heterocycles. The van der Waals surface area contributed by atoms with Crippen molar-refractivity contribution in [2.45, 2.75) is 84.5 Å². The Labute approximate surface area is 198 Å². The number of aliphatic hydroxyl groups excluding tert-OH is 1. The number of hydrogen-bond donors (Lipinski definition) is 2. The summed E-state index contributed by atoms with van der Waals surface area (Å²) in [5.41, 5.74) is -0.0618. The molecular weight excluding hydrogens is 404 g/mol. The van der Waals surface area contributed by atoms with E-state index in [1.807, 2.05) is 0 Å². The second-order valence-electron chi connectivity index (χ2n) is 9.76. The lowest BCUT2D eigenvalue weighted by molar-refractivity contribution is 0.0206. The van der Waals surface area contributed by atoms with Crippen molar-refractivity contribution in [2.75, 3.05) is 79.0 Å². The Balaban J connectivity index is 2.28. The molecule has 6 nitrogen and oxygen atoms in total. The topological polar surface area (TPSA) is 63.2 Å². The van der Waals surface area contributed by atoms with Crippen LogP contribution in [0.25, 0.3) is 0 Å². The van der Waals surface area contributed by atoms with Crippen LogP contribution in [-0.4, -0.2) is 89.0 Å². The number of nitrogens with one attached hydrogen (secondary N) is 1. The minimum absolute atomic E-state index is 0.0618. The highest BCUT2D eigenvalue weighted by Gasteiger charge is 2.26. The van der Waals surface area contributed by atoms with E-state index in [1.54, 1.807) is 0 Å². The molecule has 0 aromatic carbocycles. The molecule has 1 aliphatic rings. The van der Waals surface area contributed by atoms with Crippen molar-refractivity contribution in [1.82, 2.24) is 10.2 Å². The minimum atomic E-state index is -0.0618. The van der Waals surface area contributed by atoms with Crippen LogP contribution in [0.4, 0.5) is 0 Å². The molecule has 0 bridgehead atoms. The van der Waals surface area contributed by atoms with Crippen molar-refractivity contribution in [3.8, 4) is 0 Å². The lowest BCUT2D eigenvalue weighted by Crippen LogP contribution is -2.41. The van der Waals surface area contributed by atoms with Gasteiger partial charge in [-0.1, -0.05) is 78.1 Å². The third-order valence-corrected chi connectivity index (χ3v) is 6.44. The van der Waals surface area contributed by atoms with Crippen molar-refractivity contribution >= 4 is 0 Å². The number of nitrogens with zero attached hydrogens (tertiary/aromatic N) is 1. The molecule has 0 aliphatic carbocycles. The Morgan fingerprint density at radius 1 is 0.719 bits per heavy atom. The first-order valence-electron chi connectivity index (χ1n) is 13.5. The summed E-state index contributed by atoms with van der Waals surface area (Å²) >= 11 is 0. The van der Waals surface area contributed by atoms with Crippen LogP contribution in [0.1, 0.15) is 84.5 Å². The number of aliphatic hydroxyl groups is 1. The van der Waals surface area contributed by atoms with Gasteiger partial charge in [0.2, 0.25) is 0 Å². The van der Waals surface area contributed by atoms with Crippen LogP contribution in [0.15, 0.2) is 0 Å². The van der Waals surface area contributed by atoms with Gasteiger partial charge in [-0.3, -0.25) is 4.90 Å². The van der Waals surface area contributed by atoms with Crippen LogP contribution in [0.5, 0.6) is 0 Å². The van der Waals surface area contributed by atoms with Gasteiger partial charge in [-0.25, -0.2) is 0 Å². The smallest absolute Gasteiger partial charge is 0.0701 e. The Hall–Kier alpha value is -0.240. The molecule has 0 amide bonds. The molecule has 2 N–H and O–H groups in total. The SMILES string of the molecule is CCCCCCCCCCCCC(C)(CO)CN1CCOCCNCCOCCOCC1. The fourth-order valence-corrected chi connectivity index (χ4v) is 4.28. The molecule has 192 valence electrons. The first-order valence-corrected chi connectivity index (χ1v) is 13.5. The molecule has 0 saturated carbocycles. The summed E-state index contributed by atoms with van der Waals surface area (Å²) in [5.74, 6) is 0. The zero-order valence-corrected chi connectivity index (χ0v) is 21.4. The van der Waals surface area contributed by atoms with Crippen LogP contribution in [0.3, 0.4) is 0 Å². The van der Waals surface area contributed by atoms with Crippen LogP contribution < -0.4 is 5.32 Å². The van der Waals surface area contributed by atoms with E-state index in [1.165, 1.54) is 64.2 Å². The maximum atomic E-state index is 10.2. The Morgan fingerprint density at radius 3 is 1.78 bits per heavy atom. The van der Waals surface area contributed by atoms with Gasteiger partial charge in [0.15, 0.2) is 0 Å². The van der Waals surface area contributed by atoms with E-state index in [2.05, 4.69) is 24.1 Å². The molecule has 32 heavy (non-hydrogen) atoms. The van der Waals surface area contributed by atoms with E-state index in [0.29, 0.717) is 26.4 Å². The molecular formula is C26H54N2O4. The zero-order chi connectivity index (χ0) is 23.2. The minimum Gasteiger partial charge on any atom is -0.396 e. The third-order valence-electron chi connectivity index (χ3n) is 6.44. The van der Waals surface area contributed by atoms with E-state index in [-0.39, 0.29) is 12.0 Å². The maximum absolute atomic E-state index is 10.2. The first-order chi connectivity index (χ1) is 15.7. The van der Waals surface area contributed by atoms with Gasteiger partial charge in [0.05, 0.1) is 39.6 Å². The number of hydrogen-bond acceptors (Lipinski definition) is 6. The van der Waals surface area contributed by atoms with Crippen LogP contribution in [-0.2, 0) is 14.2 Å². The summed E-state index contributed by atoms with van der Waals surface area (Å²) in [6.07, 6.45) is 14.6. The van der Waals surface area contributed by atoms with Gasteiger partial charge < -0.3 is 24.6 Å². The summed E-state index contributed by atoms with van der Waals surface area (Å²) in [7, 11) is 0. The van der Waals surface area contributed by atoms with Gasteiger partial charge in [0.25, 0.3) is 0 Å². The van der Waals surface area contributed by atoms with Crippen LogP contribution >= 0.6 is 0 Å². The van der Waals surface area contributed by atoms with E-state index in [4.69, 9.17) is 14.2 Å². The molecule has 1 atom stereocenters. The molecule has 0 spiro atoms. The van der Waals surface area contributed by atoms with Gasteiger partial charge in [0, 0.05) is 44.7 Å². The van der Waals surface area contributed by atoms with Crippen molar-refractivity contribution in [1.29, 1.82) is 0 Å². The molecule has 0 radical (unpaired) electrons. The second-order valence-corrected chi connectivity index (χ2v) is 9.76. The van der Waals surface area contributed by atoms with Crippen molar-refractivity contribution in [2.24, 2.45) is 5.41 Å².